The van der Waals surface area contributed by atoms with Crippen LogP contribution in [0.5, 0.6) is 5.75 Å². The van der Waals surface area contributed by atoms with Crippen molar-refractivity contribution >= 4 is 11.8 Å². The van der Waals surface area contributed by atoms with Crippen LogP contribution in [0.3, 0.4) is 0 Å². The second-order valence-corrected chi connectivity index (χ2v) is 4.76. The predicted molar refractivity (Wildman–Crippen MR) is 74.0 cm³/mol. The number of rotatable bonds is 4. The van der Waals surface area contributed by atoms with Crippen LogP contribution < -0.4 is 4.74 Å². The molecule has 0 unspecified atom stereocenters. The van der Waals surface area contributed by atoms with Crippen LogP contribution in [0.2, 0.25) is 0 Å². The maximum absolute atomic E-state index is 5.15. The van der Waals surface area contributed by atoms with E-state index < -0.39 is 0 Å². The summed E-state index contributed by atoms with van der Waals surface area (Å²) in [5.41, 5.74) is 2.66. The molecule has 0 heterocycles. The van der Waals surface area contributed by atoms with E-state index in [1.807, 2.05) is 12.1 Å². The molecular formula is C15H16OS. The summed E-state index contributed by atoms with van der Waals surface area (Å²) in [5, 5.41) is 0. The van der Waals surface area contributed by atoms with Gasteiger partial charge in [0, 0.05) is 4.90 Å². The van der Waals surface area contributed by atoms with E-state index in [1.165, 1.54) is 16.0 Å². The van der Waals surface area contributed by atoms with Gasteiger partial charge in [0.25, 0.3) is 0 Å². The fourth-order valence-corrected chi connectivity index (χ4v) is 2.25. The predicted octanol–water partition coefficient (Wildman–Crippen LogP) is 4.01. The number of hydrogen-bond donors (Lipinski definition) is 0. The monoisotopic (exact) mass is 244 g/mol. The minimum atomic E-state index is 0.909. The van der Waals surface area contributed by atoms with Crippen molar-refractivity contribution in [3.05, 3.63) is 59.7 Å². The highest BCUT2D eigenvalue weighted by Crippen LogP contribution is 2.19. The van der Waals surface area contributed by atoms with E-state index in [2.05, 4.69) is 42.7 Å². The van der Waals surface area contributed by atoms with Crippen LogP contribution in [0.1, 0.15) is 11.1 Å². The minimum absolute atomic E-state index is 0.909. The highest BCUT2D eigenvalue weighted by atomic mass is 32.2. The lowest BCUT2D eigenvalue weighted by atomic mass is 10.1. The van der Waals surface area contributed by atoms with Crippen molar-refractivity contribution in [2.24, 2.45) is 0 Å². The third kappa shape index (κ3) is 3.27. The average molecular weight is 244 g/mol. The first-order valence-electron chi connectivity index (χ1n) is 5.57. The SMILES string of the molecule is COc1ccc(Cc2cccc(SC)c2)cc1. The van der Waals surface area contributed by atoms with Crippen LogP contribution in [0.25, 0.3) is 0 Å². The molecule has 0 aliphatic carbocycles. The standard InChI is InChI=1S/C15H16OS/c1-16-14-8-6-12(7-9-14)10-13-4-3-5-15(11-13)17-2/h3-9,11H,10H2,1-2H3. The maximum atomic E-state index is 5.15. The quantitative estimate of drug-likeness (QED) is 0.752. The Hall–Kier alpha value is -1.41. The Bertz CT molecular complexity index is 477. The summed E-state index contributed by atoms with van der Waals surface area (Å²) in [6, 6.07) is 16.9. The van der Waals surface area contributed by atoms with Gasteiger partial charge in [0.2, 0.25) is 0 Å². The maximum Gasteiger partial charge on any atom is 0.118 e. The first kappa shape index (κ1) is 12.1. The molecule has 2 rings (SSSR count). The van der Waals surface area contributed by atoms with Crippen LogP contribution in [0.4, 0.5) is 0 Å². The summed E-state index contributed by atoms with van der Waals surface area (Å²) in [6.45, 7) is 0. The summed E-state index contributed by atoms with van der Waals surface area (Å²) in [4.78, 5) is 1.32. The van der Waals surface area contributed by atoms with Crippen molar-refractivity contribution in [1.29, 1.82) is 0 Å². The fraction of sp³-hybridized carbons (Fsp3) is 0.200. The Morgan fingerprint density at radius 3 is 2.41 bits per heavy atom. The van der Waals surface area contributed by atoms with Gasteiger partial charge in [-0.1, -0.05) is 24.3 Å². The summed E-state index contributed by atoms with van der Waals surface area (Å²) >= 11 is 1.78. The minimum Gasteiger partial charge on any atom is -0.497 e. The van der Waals surface area contributed by atoms with Gasteiger partial charge in [-0.15, -0.1) is 11.8 Å². The van der Waals surface area contributed by atoms with Gasteiger partial charge in [-0.3, -0.25) is 0 Å². The van der Waals surface area contributed by atoms with Crippen LogP contribution >= 0.6 is 11.8 Å². The molecule has 0 atom stereocenters. The van der Waals surface area contributed by atoms with Gasteiger partial charge >= 0.3 is 0 Å². The Labute approximate surface area is 107 Å². The van der Waals surface area contributed by atoms with Gasteiger partial charge in [0.1, 0.15) is 5.75 Å². The fourth-order valence-electron chi connectivity index (χ4n) is 1.76. The van der Waals surface area contributed by atoms with E-state index >= 15 is 0 Å². The van der Waals surface area contributed by atoms with Gasteiger partial charge in [-0.05, 0) is 48.1 Å². The molecule has 1 nitrogen and oxygen atoms in total. The van der Waals surface area contributed by atoms with Crippen molar-refractivity contribution in [3.8, 4) is 5.75 Å². The zero-order valence-electron chi connectivity index (χ0n) is 10.1. The van der Waals surface area contributed by atoms with Crippen molar-refractivity contribution in [2.75, 3.05) is 13.4 Å². The van der Waals surface area contributed by atoms with Crippen LogP contribution in [0.15, 0.2) is 53.4 Å². The number of thioether (sulfide) groups is 1. The molecule has 0 aliphatic rings. The molecule has 0 N–H and O–H groups in total. The average Bonchev–Trinajstić information content (AvgIpc) is 2.40. The number of hydrogen-bond acceptors (Lipinski definition) is 2. The van der Waals surface area contributed by atoms with Crippen LogP contribution in [0, 0.1) is 0 Å². The zero-order valence-corrected chi connectivity index (χ0v) is 11.0. The molecule has 0 aliphatic heterocycles. The molecule has 0 bridgehead atoms. The smallest absolute Gasteiger partial charge is 0.118 e. The second-order valence-electron chi connectivity index (χ2n) is 3.88. The summed E-state index contributed by atoms with van der Waals surface area (Å²) in [5.74, 6) is 0.909. The summed E-state index contributed by atoms with van der Waals surface area (Å²) < 4.78 is 5.15. The van der Waals surface area contributed by atoms with Gasteiger partial charge in [-0.2, -0.15) is 0 Å². The van der Waals surface area contributed by atoms with E-state index in [0.29, 0.717) is 0 Å². The topological polar surface area (TPSA) is 9.23 Å². The van der Waals surface area contributed by atoms with Crippen molar-refractivity contribution in [3.63, 3.8) is 0 Å². The molecule has 0 aromatic heterocycles. The molecule has 0 saturated heterocycles. The molecule has 0 radical (unpaired) electrons. The van der Waals surface area contributed by atoms with Crippen molar-refractivity contribution < 1.29 is 4.74 Å². The molecule has 2 aromatic carbocycles. The highest BCUT2D eigenvalue weighted by Gasteiger charge is 1.98. The normalized spacial score (nSPS) is 10.2. The molecule has 0 fully saturated rings. The third-order valence-electron chi connectivity index (χ3n) is 2.70. The van der Waals surface area contributed by atoms with E-state index in [4.69, 9.17) is 4.74 Å². The molecule has 0 saturated carbocycles. The molecule has 0 spiro atoms. The molecule has 88 valence electrons. The lowest BCUT2D eigenvalue weighted by Crippen LogP contribution is -1.89. The third-order valence-corrected chi connectivity index (χ3v) is 3.43. The van der Waals surface area contributed by atoms with Crippen LogP contribution in [-0.4, -0.2) is 13.4 Å². The summed E-state index contributed by atoms with van der Waals surface area (Å²) in [6.07, 6.45) is 3.07. The number of methoxy groups -OCH3 is 1. The van der Waals surface area contributed by atoms with Gasteiger partial charge in [-0.25, -0.2) is 0 Å². The lowest BCUT2D eigenvalue weighted by molar-refractivity contribution is 0.414. The number of benzene rings is 2. The van der Waals surface area contributed by atoms with E-state index in [0.717, 1.165) is 12.2 Å². The first-order valence-corrected chi connectivity index (χ1v) is 6.80. The van der Waals surface area contributed by atoms with Gasteiger partial charge in [0.15, 0.2) is 0 Å². The number of ether oxygens (including phenoxy) is 1. The Morgan fingerprint density at radius 1 is 1.00 bits per heavy atom. The molecule has 2 aromatic rings. The lowest BCUT2D eigenvalue weighted by Gasteiger charge is -2.05. The van der Waals surface area contributed by atoms with Gasteiger partial charge in [0.05, 0.1) is 7.11 Å². The van der Waals surface area contributed by atoms with E-state index in [1.54, 1.807) is 18.9 Å². The van der Waals surface area contributed by atoms with Crippen LogP contribution in [-0.2, 0) is 6.42 Å². The molecular weight excluding hydrogens is 228 g/mol. The molecule has 17 heavy (non-hydrogen) atoms. The Kier molecular flexibility index (Phi) is 4.10. The highest BCUT2D eigenvalue weighted by molar-refractivity contribution is 7.98. The largest absolute Gasteiger partial charge is 0.497 e. The van der Waals surface area contributed by atoms with Crippen molar-refractivity contribution in [1.82, 2.24) is 0 Å². The zero-order chi connectivity index (χ0) is 12.1. The Balaban J connectivity index is 2.13. The Morgan fingerprint density at radius 2 is 1.76 bits per heavy atom. The molecule has 2 heteroatoms. The second kappa shape index (κ2) is 5.78. The van der Waals surface area contributed by atoms with Gasteiger partial charge < -0.3 is 4.74 Å². The van der Waals surface area contributed by atoms with E-state index in [-0.39, 0.29) is 0 Å². The van der Waals surface area contributed by atoms with Crippen molar-refractivity contribution in [2.45, 2.75) is 11.3 Å². The van der Waals surface area contributed by atoms with E-state index in [9.17, 15) is 0 Å². The molecule has 0 amide bonds. The first-order chi connectivity index (χ1) is 8.31. The summed E-state index contributed by atoms with van der Waals surface area (Å²) in [7, 11) is 1.69.